The molecule has 9 heteroatoms. The minimum absolute atomic E-state index is 0.0376. The second-order valence-electron chi connectivity index (χ2n) is 8.25. The number of carbonyl (C=O) groups excluding carboxylic acids is 2. The lowest BCUT2D eigenvalue weighted by Crippen LogP contribution is -2.41. The Labute approximate surface area is 192 Å². The molecule has 2 amide bonds. The third kappa shape index (κ3) is 5.02. The van der Waals surface area contributed by atoms with Crippen molar-refractivity contribution in [2.75, 3.05) is 18.4 Å². The summed E-state index contributed by atoms with van der Waals surface area (Å²) in [5.41, 5.74) is 4.58. The van der Waals surface area contributed by atoms with E-state index in [0.29, 0.717) is 42.2 Å². The number of aryl methyl sites for hydroxylation is 2. The summed E-state index contributed by atoms with van der Waals surface area (Å²) in [7, 11) is 0. The van der Waals surface area contributed by atoms with Gasteiger partial charge in [-0.25, -0.2) is 9.97 Å². The number of hydrogen-bond acceptors (Lipinski definition) is 6. The fourth-order valence-electron chi connectivity index (χ4n) is 4.02. The van der Waals surface area contributed by atoms with Gasteiger partial charge in [-0.1, -0.05) is 19.6 Å². The molecule has 0 atom stereocenters. The number of piperidine rings is 1. The van der Waals surface area contributed by atoms with E-state index in [2.05, 4.69) is 50.1 Å². The Morgan fingerprint density at radius 2 is 2.06 bits per heavy atom. The summed E-state index contributed by atoms with van der Waals surface area (Å²) >= 11 is 0. The molecule has 0 radical (unpaired) electrons. The van der Waals surface area contributed by atoms with Gasteiger partial charge in [0.05, 0.1) is 24.0 Å². The minimum atomic E-state index is -0.232. The Hall–Kier alpha value is -3.75. The third-order valence-electron chi connectivity index (χ3n) is 6.03. The molecule has 3 aromatic rings. The molecule has 172 valence electrons. The zero-order valence-corrected chi connectivity index (χ0v) is 19.0. The first-order chi connectivity index (χ1) is 16.0. The number of nitrogens with zero attached hydrogens (tertiary/aromatic N) is 4. The Bertz CT molecular complexity index is 1180. The number of pyridine rings is 1. The molecule has 0 aromatic carbocycles. The molecular formula is C24H29N7O2. The second-order valence-corrected chi connectivity index (χ2v) is 8.25. The Kier molecular flexibility index (Phi) is 6.67. The zero-order chi connectivity index (χ0) is 23.4. The number of likely N-dealkylation sites (tertiary alicyclic amines) is 1. The van der Waals surface area contributed by atoms with Crippen molar-refractivity contribution < 1.29 is 9.59 Å². The molecule has 4 heterocycles. The van der Waals surface area contributed by atoms with Crippen molar-refractivity contribution in [1.29, 1.82) is 0 Å². The normalized spacial score (nSPS) is 14.3. The topological polar surface area (TPSA) is 116 Å². The molecule has 0 unspecified atom stereocenters. The van der Waals surface area contributed by atoms with E-state index in [9.17, 15) is 9.59 Å². The van der Waals surface area contributed by atoms with Gasteiger partial charge in [-0.15, -0.1) is 0 Å². The Balaban J connectivity index is 1.42. The van der Waals surface area contributed by atoms with Crippen LogP contribution >= 0.6 is 0 Å². The first kappa shape index (κ1) is 22.4. The summed E-state index contributed by atoms with van der Waals surface area (Å²) in [4.78, 5) is 43.0. The highest BCUT2D eigenvalue weighted by Crippen LogP contribution is 2.20. The van der Waals surface area contributed by atoms with Crippen molar-refractivity contribution in [2.45, 2.75) is 45.7 Å². The predicted octanol–water partition coefficient (Wildman–Crippen LogP) is 2.74. The molecule has 1 fully saturated rings. The molecule has 1 saturated heterocycles. The molecule has 0 spiro atoms. The van der Waals surface area contributed by atoms with E-state index in [1.165, 1.54) is 11.6 Å². The van der Waals surface area contributed by atoms with E-state index < -0.39 is 0 Å². The van der Waals surface area contributed by atoms with Gasteiger partial charge < -0.3 is 20.5 Å². The van der Waals surface area contributed by atoms with Crippen molar-refractivity contribution >= 4 is 28.8 Å². The van der Waals surface area contributed by atoms with Gasteiger partial charge in [0.2, 0.25) is 5.91 Å². The number of H-pyrrole nitrogens is 1. The highest BCUT2D eigenvalue weighted by Gasteiger charge is 2.22. The fourth-order valence-corrected chi connectivity index (χ4v) is 4.02. The van der Waals surface area contributed by atoms with Crippen LogP contribution in [0.15, 0.2) is 37.3 Å². The number of hydrogen-bond donors (Lipinski definition) is 3. The monoisotopic (exact) mass is 447 g/mol. The predicted molar refractivity (Wildman–Crippen MR) is 127 cm³/mol. The van der Waals surface area contributed by atoms with Crippen molar-refractivity contribution in [2.24, 2.45) is 0 Å². The van der Waals surface area contributed by atoms with Crippen LogP contribution in [-0.2, 0) is 17.8 Å². The summed E-state index contributed by atoms with van der Waals surface area (Å²) in [5.74, 6) is 0.339. The van der Waals surface area contributed by atoms with Crippen molar-refractivity contribution in [3.63, 3.8) is 0 Å². The number of nitrogens with one attached hydrogen (secondary N) is 3. The number of amides is 2. The summed E-state index contributed by atoms with van der Waals surface area (Å²) < 4.78 is 0. The molecule has 0 aliphatic carbocycles. The van der Waals surface area contributed by atoms with Crippen molar-refractivity contribution in [1.82, 2.24) is 30.2 Å². The lowest BCUT2D eigenvalue weighted by atomic mass is 10.1. The van der Waals surface area contributed by atoms with Crippen LogP contribution in [0.2, 0.25) is 0 Å². The first-order valence-corrected chi connectivity index (χ1v) is 11.2. The largest absolute Gasteiger partial charge is 0.366 e. The van der Waals surface area contributed by atoms with Gasteiger partial charge in [-0.3, -0.25) is 14.6 Å². The third-order valence-corrected chi connectivity index (χ3v) is 6.03. The Morgan fingerprint density at radius 3 is 2.76 bits per heavy atom. The van der Waals surface area contributed by atoms with Gasteiger partial charge in [0.15, 0.2) is 5.65 Å². The van der Waals surface area contributed by atoms with Crippen LogP contribution in [0.1, 0.15) is 46.9 Å². The van der Waals surface area contributed by atoms with Gasteiger partial charge >= 0.3 is 0 Å². The van der Waals surface area contributed by atoms with Crippen LogP contribution in [0.4, 0.5) is 5.82 Å². The van der Waals surface area contributed by atoms with Gasteiger partial charge in [-0.05, 0) is 43.4 Å². The van der Waals surface area contributed by atoms with E-state index >= 15 is 0 Å². The van der Waals surface area contributed by atoms with Gasteiger partial charge in [0, 0.05) is 31.5 Å². The second kappa shape index (κ2) is 9.81. The molecule has 33 heavy (non-hydrogen) atoms. The average Bonchev–Trinajstić information content (AvgIpc) is 3.26. The van der Waals surface area contributed by atoms with Crippen LogP contribution < -0.4 is 10.6 Å². The van der Waals surface area contributed by atoms with Crippen LogP contribution in [0.3, 0.4) is 0 Å². The molecule has 4 rings (SSSR count). The number of aromatic amines is 1. The standard InChI is InChI=1S/C24H29N7O2/c1-4-16-10-15(3)19(25-11-16)13-28-24(33)18-12-26-23-22(18)30-20(14-27-23)29-17-6-8-31(9-7-17)21(32)5-2/h5,10-12,14,17H,2,4,6-9,13H2,1,3H3,(H,26,27)(H,28,33)(H,29,30). The summed E-state index contributed by atoms with van der Waals surface area (Å²) in [5, 5.41) is 6.33. The van der Waals surface area contributed by atoms with E-state index in [1.807, 2.05) is 13.1 Å². The van der Waals surface area contributed by atoms with Crippen LogP contribution in [0.5, 0.6) is 0 Å². The van der Waals surface area contributed by atoms with Crippen LogP contribution in [0.25, 0.3) is 11.2 Å². The number of carbonyl (C=O) groups is 2. The highest BCUT2D eigenvalue weighted by molar-refractivity contribution is 6.04. The van der Waals surface area contributed by atoms with Gasteiger partial charge in [0.25, 0.3) is 5.91 Å². The van der Waals surface area contributed by atoms with E-state index in [-0.39, 0.29) is 17.9 Å². The lowest BCUT2D eigenvalue weighted by Gasteiger charge is -2.31. The first-order valence-electron chi connectivity index (χ1n) is 11.2. The lowest BCUT2D eigenvalue weighted by molar-refractivity contribution is -0.126. The van der Waals surface area contributed by atoms with Crippen molar-refractivity contribution in [3.8, 4) is 0 Å². The van der Waals surface area contributed by atoms with Gasteiger partial charge in [-0.2, -0.15) is 0 Å². The maximum absolute atomic E-state index is 12.9. The van der Waals surface area contributed by atoms with Crippen LogP contribution in [0, 0.1) is 6.92 Å². The SMILES string of the molecule is C=CC(=O)N1CCC(Nc2cnc3[nH]cc(C(=O)NCc4ncc(CC)cc4C)c3n2)CC1. The molecule has 9 nitrogen and oxygen atoms in total. The number of rotatable bonds is 7. The summed E-state index contributed by atoms with van der Waals surface area (Å²) in [6.07, 6.45) is 9.03. The number of aromatic nitrogens is 4. The molecule has 3 aromatic heterocycles. The zero-order valence-electron chi connectivity index (χ0n) is 19.0. The highest BCUT2D eigenvalue weighted by atomic mass is 16.2. The summed E-state index contributed by atoms with van der Waals surface area (Å²) in [6.45, 7) is 9.32. The smallest absolute Gasteiger partial charge is 0.255 e. The molecule has 0 saturated carbocycles. The minimum Gasteiger partial charge on any atom is -0.366 e. The average molecular weight is 448 g/mol. The fraction of sp³-hybridized carbons (Fsp3) is 0.375. The molecule has 1 aliphatic rings. The van der Waals surface area contributed by atoms with Crippen molar-refractivity contribution in [3.05, 3.63) is 59.7 Å². The molecule has 3 N–H and O–H groups in total. The van der Waals surface area contributed by atoms with Crippen LogP contribution in [-0.4, -0.2) is 55.8 Å². The molecule has 0 bridgehead atoms. The summed E-state index contributed by atoms with van der Waals surface area (Å²) in [6, 6.07) is 2.28. The van der Waals surface area contributed by atoms with E-state index in [0.717, 1.165) is 30.5 Å². The maximum Gasteiger partial charge on any atom is 0.255 e. The van der Waals surface area contributed by atoms with E-state index in [4.69, 9.17) is 0 Å². The molecule has 1 aliphatic heterocycles. The maximum atomic E-state index is 12.9. The number of anilines is 1. The quantitative estimate of drug-likeness (QED) is 0.480. The Morgan fingerprint density at radius 1 is 1.27 bits per heavy atom. The van der Waals surface area contributed by atoms with Gasteiger partial charge in [0.1, 0.15) is 11.3 Å². The molecular weight excluding hydrogens is 418 g/mol. The van der Waals surface area contributed by atoms with E-state index in [1.54, 1.807) is 17.3 Å². The number of fused-ring (bicyclic) bond motifs is 1.